The second-order valence-electron chi connectivity index (χ2n) is 8.29. The molecule has 6 heteroatoms. The molecule has 0 saturated carbocycles. The Balaban J connectivity index is 1.39. The summed E-state index contributed by atoms with van der Waals surface area (Å²) in [5.74, 6) is 0.998. The number of amides is 2. The molecule has 3 rings (SSSR count). The van der Waals surface area contributed by atoms with Gasteiger partial charge in [0.15, 0.2) is 6.10 Å². The predicted molar refractivity (Wildman–Crippen MR) is 120 cm³/mol. The highest BCUT2D eigenvalue weighted by Crippen LogP contribution is 2.20. The van der Waals surface area contributed by atoms with Crippen LogP contribution in [0.3, 0.4) is 0 Å². The summed E-state index contributed by atoms with van der Waals surface area (Å²) in [6.45, 7) is 7.42. The number of likely N-dealkylation sites (tertiary alicyclic amines) is 1. The summed E-state index contributed by atoms with van der Waals surface area (Å²) in [5.41, 5.74) is 2.20. The molecular formula is C25H32N2O4. The maximum absolute atomic E-state index is 12.5. The van der Waals surface area contributed by atoms with Crippen molar-refractivity contribution in [1.82, 2.24) is 10.2 Å². The summed E-state index contributed by atoms with van der Waals surface area (Å²) < 4.78 is 11.2. The second-order valence-corrected chi connectivity index (χ2v) is 8.29. The number of carbonyl (C=O) groups excluding carboxylic acids is 2. The summed E-state index contributed by atoms with van der Waals surface area (Å²) >= 11 is 0. The van der Waals surface area contributed by atoms with Gasteiger partial charge in [0.05, 0.1) is 0 Å². The van der Waals surface area contributed by atoms with Crippen molar-refractivity contribution in [1.29, 1.82) is 0 Å². The number of piperidine rings is 1. The van der Waals surface area contributed by atoms with Crippen LogP contribution in [0.1, 0.15) is 50.7 Å². The van der Waals surface area contributed by atoms with E-state index in [9.17, 15) is 9.59 Å². The lowest BCUT2D eigenvalue weighted by Crippen LogP contribution is -2.49. The number of rotatable bonds is 7. The molecule has 0 bridgehead atoms. The van der Waals surface area contributed by atoms with E-state index in [1.807, 2.05) is 54.6 Å². The van der Waals surface area contributed by atoms with E-state index in [0.29, 0.717) is 37.6 Å². The van der Waals surface area contributed by atoms with E-state index >= 15 is 0 Å². The molecule has 2 aromatic rings. The van der Waals surface area contributed by atoms with Crippen molar-refractivity contribution < 1.29 is 19.1 Å². The van der Waals surface area contributed by atoms with E-state index in [1.165, 1.54) is 5.56 Å². The third-order valence-electron chi connectivity index (χ3n) is 5.53. The van der Waals surface area contributed by atoms with Gasteiger partial charge in [-0.1, -0.05) is 56.3 Å². The van der Waals surface area contributed by atoms with Gasteiger partial charge in [0, 0.05) is 19.1 Å². The third-order valence-corrected chi connectivity index (χ3v) is 5.53. The molecule has 0 aromatic heterocycles. The Kier molecular flexibility index (Phi) is 7.93. The minimum absolute atomic E-state index is 0.0278. The van der Waals surface area contributed by atoms with E-state index in [1.54, 1.807) is 11.8 Å². The van der Waals surface area contributed by atoms with E-state index in [4.69, 9.17) is 9.47 Å². The number of benzene rings is 2. The van der Waals surface area contributed by atoms with Crippen molar-refractivity contribution in [3.05, 3.63) is 65.7 Å². The Hall–Kier alpha value is -3.02. The molecule has 2 amide bonds. The molecule has 1 heterocycles. The van der Waals surface area contributed by atoms with E-state index < -0.39 is 6.10 Å². The quantitative estimate of drug-likeness (QED) is 0.711. The van der Waals surface area contributed by atoms with Crippen molar-refractivity contribution in [2.24, 2.45) is 0 Å². The summed E-state index contributed by atoms with van der Waals surface area (Å²) in [4.78, 5) is 26.5. The van der Waals surface area contributed by atoms with Gasteiger partial charge in [0.2, 0.25) is 0 Å². The van der Waals surface area contributed by atoms with Gasteiger partial charge < -0.3 is 19.7 Å². The Labute approximate surface area is 184 Å². The fourth-order valence-corrected chi connectivity index (χ4v) is 3.52. The van der Waals surface area contributed by atoms with E-state index in [0.717, 1.165) is 5.56 Å². The van der Waals surface area contributed by atoms with Crippen LogP contribution in [0.2, 0.25) is 0 Å². The van der Waals surface area contributed by atoms with Gasteiger partial charge in [0.1, 0.15) is 12.4 Å². The Morgan fingerprint density at radius 1 is 1.00 bits per heavy atom. The summed E-state index contributed by atoms with van der Waals surface area (Å²) in [6, 6.07) is 17.5. The fraction of sp³-hybridized carbons (Fsp3) is 0.440. The van der Waals surface area contributed by atoms with Gasteiger partial charge in [-0.2, -0.15) is 0 Å². The summed E-state index contributed by atoms with van der Waals surface area (Å²) in [7, 11) is 0. The van der Waals surface area contributed by atoms with Crippen LogP contribution >= 0.6 is 0 Å². The van der Waals surface area contributed by atoms with Crippen molar-refractivity contribution in [3.63, 3.8) is 0 Å². The van der Waals surface area contributed by atoms with Crippen molar-refractivity contribution in [2.45, 2.75) is 58.3 Å². The van der Waals surface area contributed by atoms with Gasteiger partial charge in [-0.25, -0.2) is 4.79 Å². The molecule has 0 radical (unpaired) electrons. The van der Waals surface area contributed by atoms with Crippen LogP contribution in [0.25, 0.3) is 0 Å². The largest absolute Gasteiger partial charge is 0.481 e. The topological polar surface area (TPSA) is 67.9 Å². The van der Waals surface area contributed by atoms with Crippen LogP contribution in [0.15, 0.2) is 54.6 Å². The first-order chi connectivity index (χ1) is 14.9. The Morgan fingerprint density at radius 2 is 1.65 bits per heavy atom. The molecule has 31 heavy (non-hydrogen) atoms. The highest BCUT2D eigenvalue weighted by Gasteiger charge is 2.26. The highest BCUT2D eigenvalue weighted by molar-refractivity contribution is 5.81. The van der Waals surface area contributed by atoms with Crippen molar-refractivity contribution in [3.8, 4) is 5.75 Å². The first kappa shape index (κ1) is 22.7. The zero-order valence-corrected chi connectivity index (χ0v) is 18.5. The third kappa shape index (κ3) is 6.74. The lowest BCUT2D eigenvalue weighted by Gasteiger charge is -2.32. The minimum Gasteiger partial charge on any atom is -0.481 e. The monoisotopic (exact) mass is 424 g/mol. The molecular weight excluding hydrogens is 392 g/mol. The molecule has 6 nitrogen and oxygen atoms in total. The molecule has 1 unspecified atom stereocenters. The van der Waals surface area contributed by atoms with Crippen LogP contribution in [0.5, 0.6) is 5.75 Å². The van der Waals surface area contributed by atoms with Crippen molar-refractivity contribution in [2.75, 3.05) is 13.1 Å². The molecule has 166 valence electrons. The molecule has 2 aromatic carbocycles. The van der Waals surface area contributed by atoms with Crippen LogP contribution in [0, 0.1) is 0 Å². The molecule has 1 fully saturated rings. The van der Waals surface area contributed by atoms with Gasteiger partial charge in [-0.05, 0) is 48.9 Å². The SMILES string of the molecule is CC(Oc1ccc(C(C)C)cc1)C(=O)NC1CCN(C(=O)OCc2ccccc2)CC1. The maximum Gasteiger partial charge on any atom is 0.410 e. The van der Waals surface area contributed by atoms with Crippen LogP contribution in [-0.4, -0.2) is 42.1 Å². The number of hydrogen-bond acceptors (Lipinski definition) is 4. The van der Waals surface area contributed by atoms with Crippen molar-refractivity contribution >= 4 is 12.0 Å². The molecule has 1 N–H and O–H groups in total. The average Bonchev–Trinajstić information content (AvgIpc) is 2.79. The lowest BCUT2D eigenvalue weighted by atomic mass is 10.0. The average molecular weight is 425 g/mol. The van der Waals surface area contributed by atoms with Gasteiger partial charge in [-0.15, -0.1) is 0 Å². The number of carbonyl (C=O) groups is 2. The highest BCUT2D eigenvalue weighted by atomic mass is 16.6. The summed E-state index contributed by atoms with van der Waals surface area (Å²) in [6.07, 6.45) is 0.498. The van der Waals surface area contributed by atoms with Crippen LogP contribution in [0.4, 0.5) is 4.79 Å². The Morgan fingerprint density at radius 3 is 2.26 bits per heavy atom. The second kappa shape index (κ2) is 10.8. The minimum atomic E-state index is -0.584. The van der Waals surface area contributed by atoms with Gasteiger partial charge in [-0.3, -0.25) is 4.79 Å². The number of nitrogens with one attached hydrogen (secondary N) is 1. The maximum atomic E-state index is 12.5. The van der Waals surface area contributed by atoms with E-state index in [2.05, 4.69) is 19.2 Å². The zero-order valence-electron chi connectivity index (χ0n) is 18.5. The first-order valence-corrected chi connectivity index (χ1v) is 10.9. The van der Waals surface area contributed by atoms with Crippen LogP contribution in [-0.2, 0) is 16.1 Å². The molecule has 0 aliphatic carbocycles. The van der Waals surface area contributed by atoms with Crippen LogP contribution < -0.4 is 10.1 Å². The summed E-state index contributed by atoms with van der Waals surface area (Å²) in [5, 5.41) is 3.04. The predicted octanol–water partition coefficient (Wildman–Crippen LogP) is 4.49. The normalized spacial score (nSPS) is 15.4. The van der Waals surface area contributed by atoms with Gasteiger partial charge >= 0.3 is 6.09 Å². The standard InChI is InChI=1S/C25H32N2O4/c1-18(2)21-9-11-23(12-10-21)31-19(3)24(28)26-22-13-15-27(16-14-22)25(29)30-17-20-7-5-4-6-8-20/h4-12,18-19,22H,13-17H2,1-3H3,(H,26,28). The Bertz CT molecular complexity index is 844. The number of hydrogen-bond donors (Lipinski definition) is 1. The van der Waals surface area contributed by atoms with E-state index in [-0.39, 0.29) is 24.6 Å². The zero-order chi connectivity index (χ0) is 22.2. The number of ether oxygens (including phenoxy) is 2. The smallest absolute Gasteiger partial charge is 0.410 e. The number of nitrogens with zero attached hydrogens (tertiary/aromatic N) is 1. The fourth-order valence-electron chi connectivity index (χ4n) is 3.52. The molecule has 1 saturated heterocycles. The first-order valence-electron chi connectivity index (χ1n) is 10.9. The molecule has 1 atom stereocenters. The molecule has 1 aliphatic heterocycles. The molecule has 0 spiro atoms. The lowest BCUT2D eigenvalue weighted by molar-refractivity contribution is -0.128. The molecule has 1 aliphatic rings. The van der Waals surface area contributed by atoms with Gasteiger partial charge in [0.25, 0.3) is 5.91 Å².